The van der Waals surface area contributed by atoms with Crippen LogP contribution in [0, 0.1) is 0 Å². The third kappa shape index (κ3) is 4.96. The molecule has 0 bridgehead atoms. The molecule has 1 aromatic heterocycles. The molecule has 3 aromatic rings. The number of benzene rings is 2. The quantitative estimate of drug-likeness (QED) is 0.556. The Kier molecular flexibility index (Phi) is 6.80. The monoisotopic (exact) mass is 450 g/mol. The summed E-state index contributed by atoms with van der Waals surface area (Å²) in [4.78, 5) is 26.9. The molecular weight excluding hydrogens is 424 g/mol. The molecule has 1 atom stereocenters. The molecule has 1 N–H and O–H groups in total. The molecule has 1 aliphatic rings. The van der Waals surface area contributed by atoms with Gasteiger partial charge in [0.2, 0.25) is 16.9 Å². The van der Waals surface area contributed by atoms with E-state index in [1.54, 1.807) is 7.11 Å². The Labute approximate surface area is 191 Å². The fourth-order valence-electron chi connectivity index (χ4n) is 3.86. The molecule has 4 rings (SSSR count). The van der Waals surface area contributed by atoms with Crippen LogP contribution < -0.4 is 15.0 Å². The number of anilines is 2. The van der Waals surface area contributed by atoms with Crippen molar-refractivity contribution in [2.45, 2.75) is 38.5 Å². The Morgan fingerprint density at radius 3 is 2.72 bits per heavy atom. The summed E-state index contributed by atoms with van der Waals surface area (Å²) in [6.45, 7) is 2.67. The van der Waals surface area contributed by atoms with Crippen molar-refractivity contribution < 1.29 is 14.3 Å². The molecular formula is C24H26N4O3S. The predicted octanol–water partition coefficient (Wildman–Crippen LogP) is 4.20. The molecule has 1 fully saturated rings. The molecule has 0 aliphatic carbocycles. The largest absolute Gasteiger partial charge is 0.497 e. The minimum absolute atomic E-state index is 0.0186. The van der Waals surface area contributed by atoms with Crippen molar-refractivity contribution in [3.05, 3.63) is 64.7 Å². The third-order valence-electron chi connectivity index (χ3n) is 5.62. The van der Waals surface area contributed by atoms with Gasteiger partial charge in [0, 0.05) is 31.0 Å². The zero-order valence-corrected chi connectivity index (χ0v) is 19.0. The van der Waals surface area contributed by atoms with Gasteiger partial charge in [-0.15, -0.1) is 10.2 Å². The van der Waals surface area contributed by atoms with Gasteiger partial charge in [0.05, 0.1) is 7.11 Å². The van der Waals surface area contributed by atoms with Crippen molar-refractivity contribution in [1.82, 2.24) is 10.2 Å². The summed E-state index contributed by atoms with van der Waals surface area (Å²) in [5, 5.41) is 12.5. The average molecular weight is 451 g/mol. The Bertz CT molecular complexity index is 1100. The van der Waals surface area contributed by atoms with Crippen molar-refractivity contribution in [1.29, 1.82) is 0 Å². The minimum Gasteiger partial charge on any atom is -0.497 e. The van der Waals surface area contributed by atoms with Crippen LogP contribution in [-0.4, -0.2) is 35.7 Å². The van der Waals surface area contributed by atoms with Gasteiger partial charge in [-0.25, -0.2) is 0 Å². The number of carbonyl (C=O) groups excluding carboxylic acids is 2. The molecule has 0 radical (unpaired) electrons. The molecule has 0 saturated carbocycles. The second-order valence-corrected chi connectivity index (χ2v) is 8.74. The van der Waals surface area contributed by atoms with Gasteiger partial charge in [0.25, 0.3) is 0 Å². The van der Waals surface area contributed by atoms with Gasteiger partial charge in [-0.2, -0.15) is 0 Å². The first kappa shape index (κ1) is 22.0. The Hall–Kier alpha value is -3.26. The Morgan fingerprint density at radius 1 is 1.19 bits per heavy atom. The lowest BCUT2D eigenvalue weighted by Crippen LogP contribution is -2.25. The summed E-state index contributed by atoms with van der Waals surface area (Å²) < 4.78 is 5.15. The molecule has 32 heavy (non-hydrogen) atoms. The summed E-state index contributed by atoms with van der Waals surface area (Å²) in [6.07, 6.45) is 2.25. The predicted molar refractivity (Wildman–Crippen MR) is 125 cm³/mol. The van der Waals surface area contributed by atoms with Gasteiger partial charge in [-0.3, -0.25) is 9.59 Å². The van der Waals surface area contributed by atoms with Crippen LogP contribution in [0.15, 0.2) is 48.5 Å². The topological polar surface area (TPSA) is 84.4 Å². The van der Waals surface area contributed by atoms with Crippen LogP contribution in [0.5, 0.6) is 5.75 Å². The van der Waals surface area contributed by atoms with Gasteiger partial charge < -0.3 is 15.0 Å². The van der Waals surface area contributed by atoms with Crippen LogP contribution in [0.3, 0.4) is 0 Å². The van der Waals surface area contributed by atoms with E-state index in [1.807, 2.05) is 47.4 Å². The highest BCUT2D eigenvalue weighted by molar-refractivity contribution is 7.15. The number of nitrogens with zero attached hydrogens (tertiary/aromatic N) is 3. The number of hydrogen-bond donors (Lipinski definition) is 1. The van der Waals surface area contributed by atoms with Crippen LogP contribution in [-0.2, 0) is 22.4 Å². The lowest BCUT2D eigenvalue weighted by molar-refractivity contribution is -0.117. The Morgan fingerprint density at radius 2 is 1.97 bits per heavy atom. The highest BCUT2D eigenvalue weighted by Gasteiger charge is 2.34. The number of aryl methyl sites for hydroxylation is 2. The van der Waals surface area contributed by atoms with Gasteiger partial charge >= 0.3 is 0 Å². The lowest BCUT2D eigenvalue weighted by atomic mass is 10.1. The van der Waals surface area contributed by atoms with Crippen molar-refractivity contribution in [3.63, 3.8) is 0 Å². The average Bonchev–Trinajstić information content (AvgIpc) is 3.44. The fourth-order valence-corrected chi connectivity index (χ4v) is 4.71. The first-order valence-electron chi connectivity index (χ1n) is 10.7. The molecule has 1 unspecified atom stereocenters. The molecule has 2 aromatic carbocycles. The molecule has 8 heteroatoms. The van der Waals surface area contributed by atoms with Crippen molar-refractivity contribution >= 4 is 34.0 Å². The number of amides is 2. The van der Waals surface area contributed by atoms with Gasteiger partial charge in [-0.1, -0.05) is 48.6 Å². The molecule has 2 amide bonds. The standard InChI is InChI=1S/C24H26N4O3S/c1-3-17-6-4-5-7-20(17)28-15-18(14-22(28)30)23-26-27-24(32-23)25-21(29)13-10-16-8-11-19(31-2)12-9-16/h4-9,11-12,18H,3,10,13-15H2,1-2H3,(H,25,27,29). The van der Waals surface area contributed by atoms with E-state index >= 15 is 0 Å². The summed E-state index contributed by atoms with van der Waals surface area (Å²) in [5.41, 5.74) is 3.19. The van der Waals surface area contributed by atoms with Crippen LogP contribution >= 0.6 is 11.3 Å². The molecule has 7 nitrogen and oxygen atoms in total. The van der Waals surface area contributed by atoms with Crippen molar-refractivity contribution in [3.8, 4) is 5.75 Å². The smallest absolute Gasteiger partial charge is 0.227 e. The lowest BCUT2D eigenvalue weighted by Gasteiger charge is -2.19. The maximum atomic E-state index is 12.7. The number of methoxy groups -OCH3 is 1. The number of carbonyl (C=O) groups is 2. The minimum atomic E-state index is -0.107. The van der Waals surface area contributed by atoms with E-state index in [0.29, 0.717) is 30.9 Å². The van der Waals surface area contributed by atoms with E-state index in [9.17, 15) is 9.59 Å². The number of hydrogen-bond acceptors (Lipinski definition) is 6. The van der Waals surface area contributed by atoms with Crippen LogP contribution in [0.25, 0.3) is 0 Å². The summed E-state index contributed by atoms with van der Waals surface area (Å²) in [6, 6.07) is 15.7. The summed E-state index contributed by atoms with van der Waals surface area (Å²) in [5.74, 6) is 0.761. The third-order valence-corrected chi connectivity index (χ3v) is 6.63. The zero-order valence-electron chi connectivity index (χ0n) is 18.2. The van der Waals surface area contributed by atoms with Crippen LogP contribution in [0.2, 0.25) is 0 Å². The van der Waals surface area contributed by atoms with Gasteiger partial charge in [-0.05, 0) is 42.2 Å². The second-order valence-electron chi connectivity index (χ2n) is 7.73. The molecule has 1 saturated heterocycles. The zero-order chi connectivity index (χ0) is 22.5. The van der Waals surface area contributed by atoms with Crippen molar-refractivity contribution in [2.75, 3.05) is 23.9 Å². The number of aromatic nitrogens is 2. The number of rotatable bonds is 8. The highest BCUT2D eigenvalue weighted by Crippen LogP contribution is 2.35. The van der Waals surface area contributed by atoms with E-state index < -0.39 is 0 Å². The van der Waals surface area contributed by atoms with Crippen molar-refractivity contribution in [2.24, 2.45) is 0 Å². The summed E-state index contributed by atoms with van der Waals surface area (Å²) >= 11 is 1.34. The van der Waals surface area contributed by atoms with E-state index in [-0.39, 0.29) is 17.7 Å². The van der Waals surface area contributed by atoms with E-state index in [0.717, 1.165) is 34.0 Å². The van der Waals surface area contributed by atoms with Crippen LogP contribution in [0.1, 0.15) is 41.8 Å². The van der Waals surface area contributed by atoms with Gasteiger partial charge in [0.1, 0.15) is 10.8 Å². The normalized spacial score (nSPS) is 15.8. The van der Waals surface area contributed by atoms with Gasteiger partial charge in [0.15, 0.2) is 0 Å². The SMILES string of the molecule is CCc1ccccc1N1CC(c2nnc(NC(=O)CCc3ccc(OC)cc3)s2)CC1=O. The van der Waals surface area contributed by atoms with E-state index in [2.05, 4.69) is 28.5 Å². The number of para-hydroxylation sites is 1. The number of ether oxygens (including phenoxy) is 1. The highest BCUT2D eigenvalue weighted by atomic mass is 32.1. The molecule has 2 heterocycles. The fraction of sp³-hybridized carbons (Fsp3) is 0.333. The second kappa shape index (κ2) is 9.91. The molecule has 1 aliphatic heterocycles. The van der Waals surface area contributed by atoms with E-state index in [1.165, 1.54) is 11.3 Å². The molecule has 0 spiro atoms. The Balaban J connectivity index is 1.34. The number of nitrogens with one attached hydrogen (secondary N) is 1. The summed E-state index contributed by atoms with van der Waals surface area (Å²) in [7, 11) is 1.63. The van der Waals surface area contributed by atoms with Crippen LogP contribution in [0.4, 0.5) is 10.8 Å². The van der Waals surface area contributed by atoms with E-state index in [4.69, 9.17) is 4.74 Å². The first-order chi connectivity index (χ1) is 15.6. The maximum Gasteiger partial charge on any atom is 0.227 e. The maximum absolute atomic E-state index is 12.7. The first-order valence-corrected chi connectivity index (χ1v) is 11.5. The molecule has 166 valence electrons.